The largest absolute Gasteiger partial charge is 0.379 e. The second-order valence-corrected chi connectivity index (χ2v) is 9.01. The van der Waals surface area contributed by atoms with Crippen LogP contribution in [0.1, 0.15) is 29.7 Å². The lowest BCUT2D eigenvalue weighted by Gasteiger charge is -2.32. The van der Waals surface area contributed by atoms with Gasteiger partial charge < -0.3 is 19.9 Å². The molecule has 0 aliphatic carbocycles. The first-order valence-electron chi connectivity index (χ1n) is 11.5. The number of hydrogen-bond donors (Lipinski definition) is 2. The van der Waals surface area contributed by atoms with Crippen molar-refractivity contribution in [3.05, 3.63) is 81.6 Å². The number of para-hydroxylation sites is 1. The van der Waals surface area contributed by atoms with Gasteiger partial charge in [-0.15, -0.1) is 0 Å². The van der Waals surface area contributed by atoms with Crippen molar-refractivity contribution in [1.82, 2.24) is 20.1 Å². The molecule has 1 aliphatic heterocycles. The molecular weight excluding hydrogens is 432 g/mol. The van der Waals surface area contributed by atoms with E-state index in [9.17, 15) is 4.79 Å². The summed E-state index contributed by atoms with van der Waals surface area (Å²) in [6.07, 6.45) is 0. The molecule has 2 aromatic carbocycles. The zero-order chi connectivity index (χ0) is 23.2. The van der Waals surface area contributed by atoms with Gasteiger partial charge in [-0.05, 0) is 48.6 Å². The van der Waals surface area contributed by atoms with Crippen molar-refractivity contribution in [2.75, 3.05) is 39.4 Å². The standard InChI is InChI=1S/C26H32N4O2S/c1-19-7-6-10-22-17-23(25(31)28-24(19)22)18-30(12-11-29-13-15-32-16-14-29)26(33)27-20(2)21-8-4-3-5-9-21/h3-10,17,20H,11-16,18H2,1-2H3,(H,27,33)(H,28,31). The van der Waals surface area contributed by atoms with E-state index in [0.717, 1.165) is 55.9 Å². The summed E-state index contributed by atoms with van der Waals surface area (Å²) in [5.74, 6) is 0. The average molecular weight is 465 g/mol. The van der Waals surface area contributed by atoms with Crippen molar-refractivity contribution < 1.29 is 4.74 Å². The number of pyridine rings is 1. The van der Waals surface area contributed by atoms with Crippen LogP contribution in [0.15, 0.2) is 59.4 Å². The Kier molecular flexibility index (Phi) is 7.75. The fourth-order valence-corrected chi connectivity index (χ4v) is 4.53. The molecule has 6 nitrogen and oxygen atoms in total. The molecule has 7 heteroatoms. The van der Waals surface area contributed by atoms with Crippen LogP contribution in [0.3, 0.4) is 0 Å². The molecule has 0 amide bonds. The van der Waals surface area contributed by atoms with Crippen LogP contribution in [0, 0.1) is 6.92 Å². The first kappa shape index (κ1) is 23.4. The molecule has 1 atom stereocenters. The van der Waals surface area contributed by atoms with Crippen LogP contribution in [0.2, 0.25) is 0 Å². The molecule has 2 heterocycles. The summed E-state index contributed by atoms with van der Waals surface area (Å²) < 4.78 is 5.48. The maximum absolute atomic E-state index is 12.9. The van der Waals surface area contributed by atoms with E-state index in [1.807, 2.05) is 49.4 Å². The molecule has 1 saturated heterocycles. The number of aryl methyl sites for hydroxylation is 1. The van der Waals surface area contributed by atoms with Crippen LogP contribution in [0.25, 0.3) is 10.9 Å². The Hall–Kier alpha value is -2.74. The van der Waals surface area contributed by atoms with Crippen molar-refractivity contribution in [3.8, 4) is 0 Å². The molecule has 0 radical (unpaired) electrons. The number of morpholine rings is 1. The smallest absolute Gasteiger partial charge is 0.253 e. The van der Waals surface area contributed by atoms with Crippen molar-refractivity contribution >= 4 is 28.2 Å². The van der Waals surface area contributed by atoms with E-state index in [-0.39, 0.29) is 11.6 Å². The van der Waals surface area contributed by atoms with Gasteiger partial charge in [0.25, 0.3) is 5.56 Å². The number of thiocarbonyl (C=S) groups is 1. The topological polar surface area (TPSA) is 60.6 Å². The van der Waals surface area contributed by atoms with E-state index in [1.165, 1.54) is 5.56 Å². The van der Waals surface area contributed by atoms with Gasteiger partial charge in [0.05, 0.1) is 31.3 Å². The first-order chi connectivity index (χ1) is 16.0. The minimum Gasteiger partial charge on any atom is -0.379 e. The van der Waals surface area contributed by atoms with Crippen molar-refractivity contribution in [2.45, 2.75) is 26.4 Å². The maximum Gasteiger partial charge on any atom is 0.253 e. The van der Waals surface area contributed by atoms with Crippen LogP contribution in [0.4, 0.5) is 0 Å². The van der Waals surface area contributed by atoms with E-state index >= 15 is 0 Å². The van der Waals surface area contributed by atoms with Gasteiger partial charge in [0.15, 0.2) is 5.11 Å². The first-order valence-corrected chi connectivity index (χ1v) is 11.9. The minimum atomic E-state index is -0.0629. The third-order valence-electron chi connectivity index (χ3n) is 6.24. The number of aromatic nitrogens is 1. The third kappa shape index (κ3) is 5.99. The third-order valence-corrected chi connectivity index (χ3v) is 6.62. The molecule has 1 aliphatic rings. The molecule has 174 valence electrons. The summed E-state index contributed by atoms with van der Waals surface area (Å²) in [7, 11) is 0. The number of ether oxygens (including phenoxy) is 1. The van der Waals surface area contributed by atoms with Gasteiger partial charge in [-0.2, -0.15) is 0 Å². The van der Waals surface area contributed by atoms with E-state index in [1.54, 1.807) is 0 Å². The van der Waals surface area contributed by atoms with Gasteiger partial charge in [0, 0.05) is 31.7 Å². The summed E-state index contributed by atoms with van der Waals surface area (Å²) in [6.45, 7) is 9.54. The molecule has 3 aromatic rings. The zero-order valence-electron chi connectivity index (χ0n) is 19.3. The fraction of sp³-hybridized carbons (Fsp3) is 0.385. The molecule has 0 bridgehead atoms. The van der Waals surface area contributed by atoms with Crippen molar-refractivity contribution in [3.63, 3.8) is 0 Å². The highest BCUT2D eigenvalue weighted by atomic mass is 32.1. The van der Waals surface area contributed by atoms with Crippen LogP contribution in [0.5, 0.6) is 0 Å². The summed E-state index contributed by atoms with van der Waals surface area (Å²) in [5, 5.41) is 5.16. The van der Waals surface area contributed by atoms with E-state index in [2.05, 4.69) is 39.2 Å². The lowest BCUT2D eigenvalue weighted by atomic mass is 10.1. The lowest BCUT2D eigenvalue weighted by molar-refractivity contribution is 0.0357. The van der Waals surface area contributed by atoms with Crippen LogP contribution in [-0.2, 0) is 11.3 Å². The molecular formula is C26H32N4O2S. The minimum absolute atomic E-state index is 0.0629. The van der Waals surface area contributed by atoms with Gasteiger partial charge in [0.1, 0.15) is 0 Å². The number of benzene rings is 2. The van der Waals surface area contributed by atoms with Gasteiger partial charge in [0.2, 0.25) is 0 Å². The van der Waals surface area contributed by atoms with Gasteiger partial charge >= 0.3 is 0 Å². The molecule has 0 saturated carbocycles. The van der Waals surface area contributed by atoms with E-state index in [4.69, 9.17) is 17.0 Å². The molecule has 1 fully saturated rings. The monoisotopic (exact) mass is 464 g/mol. The predicted octanol–water partition coefficient (Wildman–Crippen LogP) is 3.61. The summed E-state index contributed by atoms with van der Waals surface area (Å²) in [4.78, 5) is 20.5. The summed E-state index contributed by atoms with van der Waals surface area (Å²) >= 11 is 5.84. The van der Waals surface area contributed by atoms with Crippen LogP contribution in [-0.4, -0.2) is 59.3 Å². The maximum atomic E-state index is 12.9. The Balaban J connectivity index is 1.54. The lowest BCUT2D eigenvalue weighted by Crippen LogP contribution is -2.46. The Morgan fingerprint density at radius 2 is 1.94 bits per heavy atom. The van der Waals surface area contributed by atoms with Crippen LogP contribution < -0.4 is 10.9 Å². The van der Waals surface area contributed by atoms with Crippen molar-refractivity contribution in [2.24, 2.45) is 0 Å². The predicted molar refractivity (Wildman–Crippen MR) is 138 cm³/mol. The second kappa shape index (κ2) is 10.9. The Morgan fingerprint density at radius 3 is 2.70 bits per heavy atom. The van der Waals surface area contributed by atoms with Gasteiger partial charge in [-0.1, -0.05) is 48.5 Å². The Morgan fingerprint density at radius 1 is 1.18 bits per heavy atom. The highest BCUT2D eigenvalue weighted by Gasteiger charge is 2.18. The van der Waals surface area contributed by atoms with Gasteiger partial charge in [-0.3, -0.25) is 9.69 Å². The number of hydrogen-bond acceptors (Lipinski definition) is 4. The number of aromatic amines is 1. The molecule has 1 unspecified atom stereocenters. The number of H-pyrrole nitrogens is 1. The Labute approximate surface area is 200 Å². The van der Waals surface area contributed by atoms with Gasteiger partial charge in [-0.25, -0.2) is 0 Å². The second-order valence-electron chi connectivity index (χ2n) is 8.62. The van der Waals surface area contributed by atoms with Crippen molar-refractivity contribution in [1.29, 1.82) is 0 Å². The Bertz CT molecular complexity index is 1140. The summed E-state index contributed by atoms with van der Waals surface area (Å²) in [6, 6.07) is 18.4. The molecule has 1 aromatic heterocycles. The zero-order valence-corrected chi connectivity index (χ0v) is 20.2. The number of fused-ring (bicyclic) bond motifs is 1. The molecule has 0 spiro atoms. The van der Waals surface area contributed by atoms with E-state index < -0.39 is 0 Å². The molecule has 33 heavy (non-hydrogen) atoms. The molecule has 4 rings (SSSR count). The van der Waals surface area contributed by atoms with E-state index in [0.29, 0.717) is 17.2 Å². The highest BCUT2D eigenvalue weighted by Crippen LogP contribution is 2.17. The number of rotatable bonds is 7. The quantitative estimate of drug-likeness (QED) is 0.521. The number of nitrogens with one attached hydrogen (secondary N) is 2. The fourth-order valence-electron chi connectivity index (χ4n) is 4.19. The number of nitrogens with zero attached hydrogens (tertiary/aromatic N) is 2. The highest BCUT2D eigenvalue weighted by molar-refractivity contribution is 7.80. The van der Waals surface area contributed by atoms with Crippen LogP contribution >= 0.6 is 12.2 Å². The average Bonchev–Trinajstić information content (AvgIpc) is 2.83. The summed E-state index contributed by atoms with van der Waals surface area (Å²) in [5.41, 5.74) is 3.78. The molecule has 2 N–H and O–H groups in total. The normalized spacial score (nSPS) is 15.3. The SMILES string of the molecule is Cc1cccc2cc(CN(CCN3CCOCC3)C(=S)NC(C)c3ccccc3)c(=O)[nH]c12.